The van der Waals surface area contributed by atoms with Crippen LogP contribution in [0.2, 0.25) is 0 Å². The van der Waals surface area contributed by atoms with E-state index in [0.717, 1.165) is 17.4 Å². The number of para-hydroxylation sites is 2. The number of benzene rings is 10. The second kappa shape index (κ2) is 15.2. The molecule has 0 saturated heterocycles. The van der Waals surface area contributed by atoms with Gasteiger partial charge in [0.05, 0.1) is 11.0 Å². The Kier molecular flexibility index (Phi) is 9.19. The molecule has 0 saturated carbocycles. The van der Waals surface area contributed by atoms with Crippen LogP contribution in [-0.4, -0.2) is 12.4 Å². The van der Waals surface area contributed by atoms with Crippen LogP contribution in [0.15, 0.2) is 176 Å². The van der Waals surface area contributed by atoms with Crippen LogP contribution >= 0.6 is 0 Å². The number of hydrogen-bond donors (Lipinski definition) is 0. The Balaban J connectivity index is 1.11. The van der Waals surface area contributed by atoms with Crippen molar-refractivity contribution in [2.24, 2.45) is 0 Å². The van der Waals surface area contributed by atoms with E-state index in [2.05, 4.69) is 222 Å². The van der Waals surface area contributed by atoms with Crippen LogP contribution < -0.4 is 5.46 Å². The van der Waals surface area contributed by atoms with Crippen LogP contribution in [0.5, 0.6) is 0 Å². The summed E-state index contributed by atoms with van der Waals surface area (Å²) in [6, 6.07) is 62.6. The van der Waals surface area contributed by atoms with E-state index in [1.54, 1.807) is 0 Å². The molecule has 0 spiro atoms. The fourth-order valence-electron chi connectivity index (χ4n) is 11.5. The molecule has 0 unspecified atom stereocenters. The van der Waals surface area contributed by atoms with Crippen LogP contribution in [0, 0.1) is 34.6 Å². The third-order valence-corrected chi connectivity index (χ3v) is 14.9. The van der Waals surface area contributed by atoms with Crippen molar-refractivity contribution in [3.63, 3.8) is 0 Å². The minimum absolute atomic E-state index is 0.810. The van der Waals surface area contributed by atoms with Gasteiger partial charge in [-0.05, 0) is 193 Å². The van der Waals surface area contributed by atoms with Gasteiger partial charge in [-0.15, -0.1) is 0 Å². The minimum atomic E-state index is 0.810. The molecule has 1 aliphatic rings. The van der Waals surface area contributed by atoms with Gasteiger partial charge >= 0.3 is 0 Å². The van der Waals surface area contributed by atoms with Crippen LogP contribution in [0.3, 0.4) is 0 Å². The molecular weight excluding hydrogens is 794 g/mol. The molecule has 2 heteroatoms. The zero-order valence-electron chi connectivity index (χ0n) is 38.2. The Bertz CT molecular complexity index is 3850. The van der Waals surface area contributed by atoms with Gasteiger partial charge in [-0.2, -0.15) is 0 Å². The van der Waals surface area contributed by atoms with E-state index in [-0.39, 0.29) is 0 Å². The summed E-state index contributed by atoms with van der Waals surface area (Å²) in [5, 5.41) is 7.52. The molecule has 0 bridgehead atoms. The van der Waals surface area contributed by atoms with Crippen molar-refractivity contribution in [1.82, 2.24) is 4.57 Å². The van der Waals surface area contributed by atoms with Gasteiger partial charge in [-0.3, -0.25) is 0 Å². The Morgan fingerprint density at radius 2 is 1.09 bits per heavy atom. The van der Waals surface area contributed by atoms with E-state index in [4.69, 9.17) is 7.85 Å². The fraction of sp³-hybridized carbons (Fsp3) is 0.0938. The smallest absolute Gasteiger partial charge is 0.114 e. The van der Waals surface area contributed by atoms with Crippen LogP contribution in [0.1, 0.15) is 44.5 Å². The lowest BCUT2D eigenvalue weighted by molar-refractivity contribution is 1.18. The molecular formula is C64H48BN. The van der Waals surface area contributed by atoms with Crippen molar-refractivity contribution >= 4 is 62.7 Å². The van der Waals surface area contributed by atoms with Crippen LogP contribution in [0.4, 0.5) is 0 Å². The molecule has 1 heterocycles. The summed E-state index contributed by atoms with van der Waals surface area (Å²) >= 11 is 0. The van der Waals surface area contributed by atoms with Crippen molar-refractivity contribution in [2.75, 3.05) is 0 Å². The maximum atomic E-state index is 7.02. The molecule has 0 aliphatic heterocycles. The molecule has 1 aromatic heterocycles. The predicted molar refractivity (Wildman–Crippen MR) is 285 cm³/mol. The zero-order chi connectivity index (χ0) is 45.0. The lowest BCUT2D eigenvalue weighted by Crippen LogP contribution is -2.11. The van der Waals surface area contributed by atoms with E-state index < -0.39 is 0 Å². The highest BCUT2D eigenvalue weighted by atomic mass is 15.0. The highest BCUT2D eigenvalue weighted by Gasteiger charge is 2.29. The first-order chi connectivity index (χ1) is 32.2. The van der Waals surface area contributed by atoms with E-state index in [9.17, 15) is 0 Å². The highest BCUT2D eigenvalue weighted by molar-refractivity contribution is 6.37. The van der Waals surface area contributed by atoms with Crippen molar-refractivity contribution < 1.29 is 0 Å². The standard InChI is InChI=1S/C64H48BN/c1-7-50-39(4)38(3)40(5)59-63(50)62(47-21-16-20-43(33-47)42-18-10-8-11-19-42)60-41(6)55(65)32-37(2)58(60)64(59)54-26-17-22-46-35-48-34-44(28-30-51(48)61(46)54)45-29-31-53-52-25-14-15-27-56(52)66(57(53)36-45)49-23-12-9-13-24-49/h7-34,36H,1,35H2,2-6H3. The first kappa shape index (κ1) is 39.9. The largest absolute Gasteiger partial charge is 0.309 e. The molecule has 1 aliphatic carbocycles. The first-order valence-corrected chi connectivity index (χ1v) is 23.1. The minimum Gasteiger partial charge on any atom is -0.309 e. The summed E-state index contributed by atoms with van der Waals surface area (Å²) in [7, 11) is 7.02. The normalized spacial score (nSPS) is 12.1. The van der Waals surface area contributed by atoms with E-state index in [1.807, 2.05) is 0 Å². The van der Waals surface area contributed by atoms with Gasteiger partial charge in [0.2, 0.25) is 0 Å². The predicted octanol–water partition coefficient (Wildman–Crippen LogP) is 16.3. The molecule has 312 valence electrons. The monoisotopic (exact) mass is 841 g/mol. The summed E-state index contributed by atoms with van der Waals surface area (Å²) in [4.78, 5) is 0. The van der Waals surface area contributed by atoms with Crippen molar-refractivity contribution in [1.29, 1.82) is 0 Å². The van der Waals surface area contributed by atoms with Crippen LogP contribution in [0.25, 0.3) is 111 Å². The quantitative estimate of drug-likeness (QED) is 0.116. The maximum absolute atomic E-state index is 7.02. The van der Waals surface area contributed by atoms with Crippen molar-refractivity contribution in [2.45, 2.75) is 41.0 Å². The Labute approximate surface area is 388 Å². The molecule has 0 atom stereocenters. The van der Waals surface area contributed by atoms with E-state index in [0.29, 0.717) is 0 Å². The number of aromatic nitrogens is 1. The second-order valence-corrected chi connectivity index (χ2v) is 18.4. The number of rotatable bonds is 6. The lowest BCUT2D eigenvalue weighted by atomic mass is 9.74. The summed E-state index contributed by atoms with van der Waals surface area (Å²) in [5.74, 6) is 0. The zero-order valence-corrected chi connectivity index (χ0v) is 38.2. The third-order valence-electron chi connectivity index (χ3n) is 14.9. The SMILES string of the molecule is [B]c1cc(C)c2c(-c3cccc4c3-c3ccc(-c5ccc6c7ccccc7n(-c7ccccc7)c6c5)cc3C4)c3c(C)c(C)c(C)c(C=C)c3c(-c3cccc(-c4ccccc4)c3)c2c1C. The molecule has 11 aromatic rings. The van der Waals surface area contributed by atoms with Gasteiger partial charge in [0, 0.05) is 16.5 Å². The summed E-state index contributed by atoms with van der Waals surface area (Å²) in [6.45, 7) is 15.8. The molecule has 0 fully saturated rings. The topological polar surface area (TPSA) is 4.93 Å². The number of nitrogens with zero attached hydrogens (tertiary/aromatic N) is 1. The van der Waals surface area contributed by atoms with Gasteiger partial charge in [-0.1, -0.05) is 158 Å². The number of hydrogen-bond acceptors (Lipinski definition) is 0. The molecule has 12 rings (SSSR count). The van der Waals surface area contributed by atoms with E-state index >= 15 is 0 Å². The summed E-state index contributed by atoms with van der Waals surface area (Å²) in [5.41, 5.74) is 26.8. The number of aryl methyl sites for hydroxylation is 3. The Morgan fingerprint density at radius 1 is 0.439 bits per heavy atom. The van der Waals surface area contributed by atoms with Gasteiger partial charge < -0.3 is 4.57 Å². The number of fused-ring (bicyclic) bond motifs is 8. The third kappa shape index (κ3) is 5.87. The lowest BCUT2D eigenvalue weighted by Gasteiger charge is -2.27. The Morgan fingerprint density at radius 3 is 1.89 bits per heavy atom. The fourth-order valence-corrected chi connectivity index (χ4v) is 11.5. The van der Waals surface area contributed by atoms with Gasteiger partial charge in [0.25, 0.3) is 0 Å². The molecule has 1 nitrogen and oxygen atoms in total. The molecule has 0 N–H and O–H groups in total. The average Bonchev–Trinajstić information content (AvgIpc) is 3.90. The van der Waals surface area contributed by atoms with Gasteiger partial charge in [0.15, 0.2) is 0 Å². The van der Waals surface area contributed by atoms with Crippen LogP contribution in [-0.2, 0) is 6.42 Å². The van der Waals surface area contributed by atoms with Crippen molar-refractivity contribution in [3.8, 4) is 61.3 Å². The summed E-state index contributed by atoms with van der Waals surface area (Å²) in [6.07, 6.45) is 2.96. The average molecular weight is 842 g/mol. The van der Waals surface area contributed by atoms with Gasteiger partial charge in [0.1, 0.15) is 7.85 Å². The van der Waals surface area contributed by atoms with Gasteiger partial charge in [-0.25, -0.2) is 0 Å². The van der Waals surface area contributed by atoms with Crippen molar-refractivity contribution in [3.05, 3.63) is 221 Å². The molecule has 0 amide bonds. The molecule has 2 radical (unpaired) electrons. The second-order valence-electron chi connectivity index (χ2n) is 18.4. The Hall–Kier alpha value is -7.68. The first-order valence-electron chi connectivity index (χ1n) is 23.1. The highest BCUT2D eigenvalue weighted by Crippen LogP contribution is 2.53. The molecule has 10 aromatic carbocycles. The molecule has 66 heavy (non-hydrogen) atoms. The maximum Gasteiger partial charge on any atom is 0.114 e. The summed E-state index contributed by atoms with van der Waals surface area (Å²) < 4.78 is 2.41. The van der Waals surface area contributed by atoms with E-state index in [1.165, 1.54) is 144 Å².